The van der Waals surface area contributed by atoms with E-state index in [9.17, 15) is 4.79 Å². The fourth-order valence-corrected chi connectivity index (χ4v) is 3.24. The molecule has 3 rings (SSSR count). The number of ketones is 1. The van der Waals surface area contributed by atoms with Crippen molar-refractivity contribution in [1.29, 1.82) is 0 Å². The Morgan fingerprint density at radius 1 is 1.05 bits per heavy atom. The third-order valence-electron chi connectivity index (χ3n) is 3.55. The van der Waals surface area contributed by atoms with Gasteiger partial charge in [0.05, 0.1) is 0 Å². The summed E-state index contributed by atoms with van der Waals surface area (Å²) >= 11 is 6.88. The number of hydrogen-bond acceptors (Lipinski definition) is 1. The van der Waals surface area contributed by atoms with Gasteiger partial charge in [-0.1, -0.05) is 62.2 Å². The van der Waals surface area contributed by atoms with Gasteiger partial charge >= 0.3 is 0 Å². The summed E-state index contributed by atoms with van der Waals surface area (Å²) < 4.78 is 1.82. The van der Waals surface area contributed by atoms with Crippen molar-refractivity contribution in [1.82, 2.24) is 0 Å². The summed E-state index contributed by atoms with van der Waals surface area (Å²) in [7, 11) is 0. The molecule has 2 unspecified atom stereocenters. The minimum Gasteiger partial charge on any atom is -0.294 e. The zero-order valence-electron chi connectivity index (χ0n) is 10.1. The lowest BCUT2D eigenvalue weighted by Crippen LogP contribution is -2.04. The monoisotopic (exact) mass is 378 g/mol. The molecule has 3 heteroatoms. The molecule has 1 fully saturated rings. The molecule has 96 valence electrons. The second-order valence-corrected chi connectivity index (χ2v) is 6.62. The summed E-state index contributed by atoms with van der Waals surface area (Å²) in [6, 6.07) is 16.0. The molecule has 0 bridgehead atoms. The minimum absolute atomic E-state index is 0.132. The van der Waals surface area contributed by atoms with Crippen molar-refractivity contribution >= 4 is 37.6 Å². The van der Waals surface area contributed by atoms with E-state index >= 15 is 0 Å². The van der Waals surface area contributed by atoms with Crippen molar-refractivity contribution in [3.05, 3.63) is 68.6 Å². The predicted molar refractivity (Wildman–Crippen MR) is 83.5 cm³/mol. The van der Waals surface area contributed by atoms with E-state index in [0.29, 0.717) is 5.92 Å². The van der Waals surface area contributed by atoms with Gasteiger partial charge in [-0.3, -0.25) is 4.79 Å². The van der Waals surface area contributed by atoms with Gasteiger partial charge in [0.2, 0.25) is 0 Å². The quantitative estimate of drug-likeness (QED) is 0.670. The Labute approximate surface area is 129 Å². The van der Waals surface area contributed by atoms with Crippen molar-refractivity contribution in [2.45, 2.75) is 12.3 Å². The Morgan fingerprint density at radius 2 is 1.79 bits per heavy atom. The molecule has 1 aliphatic carbocycles. The molecule has 0 radical (unpaired) electrons. The van der Waals surface area contributed by atoms with Gasteiger partial charge < -0.3 is 0 Å². The molecular formula is C16H12Br2O. The first-order chi connectivity index (χ1) is 9.16. The van der Waals surface area contributed by atoms with E-state index < -0.39 is 0 Å². The van der Waals surface area contributed by atoms with Crippen LogP contribution in [0.4, 0.5) is 0 Å². The first-order valence-electron chi connectivity index (χ1n) is 6.21. The first-order valence-corrected chi connectivity index (χ1v) is 7.79. The van der Waals surface area contributed by atoms with Crippen molar-refractivity contribution in [2.24, 2.45) is 5.92 Å². The second-order valence-electron chi connectivity index (χ2n) is 4.85. The SMILES string of the molecule is O=C(c1cc(Br)ccc1Br)C1CC1c1ccccc1. The summed E-state index contributed by atoms with van der Waals surface area (Å²) in [4.78, 5) is 12.5. The summed E-state index contributed by atoms with van der Waals surface area (Å²) in [5, 5.41) is 0. The zero-order chi connectivity index (χ0) is 13.4. The highest BCUT2D eigenvalue weighted by molar-refractivity contribution is 9.11. The number of carbonyl (C=O) groups excluding carboxylic acids is 1. The van der Waals surface area contributed by atoms with Crippen LogP contribution in [0, 0.1) is 5.92 Å². The molecule has 0 heterocycles. The number of hydrogen-bond donors (Lipinski definition) is 0. The van der Waals surface area contributed by atoms with Crippen molar-refractivity contribution in [3.63, 3.8) is 0 Å². The predicted octanol–water partition coefficient (Wildman–Crippen LogP) is 5.20. The number of carbonyl (C=O) groups is 1. The molecule has 0 spiro atoms. The number of halogens is 2. The Kier molecular flexibility index (Phi) is 3.59. The van der Waals surface area contributed by atoms with Crippen LogP contribution < -0.4 is 0 Å². The molecule has 1 aliphatic rings. The normalized spacial score (nSPS) is 21.2. The van der Waals surface area contributed by atoms with Crippen LogP contribution in [0.1, 0.15) is 28.3 Å². The van der Waals surface area contributed by atoms with Crippen LogP contribution in [-0.2, 0) is 0 Å². The minimum atomic E-state index is 0.132. The van der Waals surface area contributed by atoms with Gasteiger partial charge in [0.15, 0.2) is 5.78 Å². The summed E-state index contributed by atoms with van der Waals surface area (Å²) in [5.41, 5.74) is 2.05. The van der Waals surface area contributed by atoms with E-state index in [-0.39, 0.29) is 11.7 Å². The van der Waals surface area contributed by atoms with Crippen LogP contribution in [-0.4, -0.2) is 5.78 Å². The maximum absolute atomic E-state index is 12.5. The molecule has 1 nitrogen and oxygen atoms in total. The molecule has 0 amide bonds. The summed E-state index contributed by atoms with van der Waals surface area (Å²) in [5.74, 6) is 0.759. The third kappa shape index (κ3) is 2.67. The molecule has 1 saturated carbocycles. The highest BCUT2D eigenvalue weighted by atomic mass is 79.9. The Bertz CT molecular complexity index is 622. The number of benzene rings is 2. The number of rotatable bonds is 3. The van der Waals surface area contributed by atoms with Gasteiger partial charge in [0.25, 0.3) is 0 Å². The largest absolute Gasteiger partial charge is 0.294 e. The topological polar surface area (TPSA) is 17.1 Å². The standard InChI is InChI=1S/C16H12Br2O/c17-11-6-7-15(18)14(8-11)16(19)13-9-12(13)10-4-2-1-3-5-10/h1-8,12-13H,9H2. The zero-order valence-corrected chi connectivity index (χ0v) is 13.3. The second kappa shape index (κ2) is 5.22. The lowest BCUT2D eigenvalue weighted by molar-refractivity contribution is 0.0964. The van der Waals surface area contributed by atoms with E-state index in [0.717, 1.165) is 20.9 Å². The van der Waals surface area contributed by atoms with Crippen LogP contribution in [0.25, 0.3) is 0 Å². The van der Waals surface area contributed by atoms with E-state index in [2.05, 4.69) is 44.0 Å². The van der Waals surface area contributed by atoms with Crippen LogP contribution in [0.2, 0.25) is 0 Å². The summed E-state index contributed by atoms with van der Waals surface area (Å²) in [6.07, 6.45) is 0.960. The first kappa shape index (κ1) is 13.1. The Morgan fingerprint density at radius 3 is 2.53 bits per heavy atom. The van der Waals surface area contributed by atoms with Crippen LogP contribution in [0.5, 0.6) is 0 Å². The lowest BCUT2D eigenvalue weighted by Gasteiger charge is -2.04. The molecule has 2 aromatic rings. The third-order valence-corrected chi connectivity index (χ3v) is 4.73. The van der Waals surface area contributed by atoms with Crippen LogP contribution in [0.3, 0.4) is 0 Å². The molecule has 0 saturated heterocycles. The van der Waals surface area contributed by atoms with Crippen LogP contribution >= 0.6 is 31.9 Å². The van der Waals surface area contributed by atoms with E-state index in [1.54, 1.807) is 0 Å². The smallest absolute Gasteiger partial charge is 0.167 e. The van der Waals surface area contributed by atoms with Crippen molar-refractivity contribution in [3.8, 4) is 0 Å². The number of Topliss-reactive ketones (excluding diaryl/α,β-unsaturated/α-hetero) is 1. The van der Waals surface area contributed by atoms with Crippen LogP contribution in [0.15, 0.2) is 57.5 Å². The average Bonchev–Trinajstić information content (AvgIpc) is 3.22. The molecule has 19 heavy (non-hydrogen) atoms. The van der Waals surface area contributed by atoms with Gasteiger partial charge in [-0.25, -0.2) is 0 Å². The highest BCUT2D eigenvalue weighted by Gasteiger charge is 2.44. The van der Waals surface area contributed by atoms with Crippen molar-refractivity contribution in [2.75, 3.05) is 0 Å². The Hall–Kier alpha value is -0.930. The fraction of sp³-hybridized carbons (Fsp3) is 0.188. The molecular weight excluding hydrogens is 368 g/mol. The lowest BCUT2D eigenvalue weighted by atomic mass is 10.0. The maximum atomic E-state index is 12.5. The molecule has 2 aromatic carbocycles. The summed E-state index contributed by atoms with van der Waals surface area (Å²) in [6.45, 7) is 0. The maximum Gasteiger partial charge on any atom is 0.167 e. The van der Waals surface area contributed by atoms with Gasteiger partial charge in [-0.05, 0) is 36.1 Å². The Balaban J connectivity index is 1.82. The van der Waals surface area contributed by atoms with Crippen molar-refractivity contribution < 1.29 is 4.79 Å². The van der Waals surface area contributed by atoms with Gasteiger partial charge in [-0.2, -0.15) is 0 Å². The molecule has 0 N–H and O–H groups in total. The van der Waals surface area contributed by atoms with Gasteiger partial charge in [0, 0.05) is 20.4 Å². The molecule has 0 aromatic heterocycles. The average molecular weight is 380 g/mol. The van der Waals surface area contributed by atoms with Gasteiger partial charge in [-0.15, -0.1) is 0 Å². The van der Waals surface area contributed by atoms with E-state index in [1.807, 2.05) is 36.4 Å². The molecule has 2 atom stereocenters. The van der Waals surface area contributed by atoms with E-state index in [4.69, 9.17) is 0 Å². The van der Waals surface area contributed by atoms with E-state index in [1.165, 1.54) is 5.56 Å². The molecule has 0 aliphatic heterocycles. The van der Waals surface area contributed by atoms with Gasteiger partial charge in [0.1, 0.15) is 0 Å². The fourth-order valence-electron chi connectivity index (χ4n) is 2.44. The highest BCUT2D eigenvalue weighted by Crippen LogP contribution is 2.49.